The third kappa shape index (κ3) is 5.11. The maximum Gasteiger partial charge on any atom is 0.306 e. The predicted octanol–water partition coefficient (Wildman–Crippen LogP) is 3.36. The van der Waals surface area contributed by atoms with Gasteiger partial charge in [-0.1, -0.05) is 30.7 Å². The Bertz CT molecular complexity index is 494. The first-order valence-corrected chi connectivity index (χ1v) is 8.12. The Balaban J connectivity index is 2.05. The molecule has 1 saturated heterocycles. The van der Waals surface area contributed by atoms with Crippen LogP contribution in [0.5, 0.6) is 0 Å². The molecule has 1 aromatic rings. The van der Waals surface area contributed by atoms with E-state index in [1.165, 1.54) is 16.7 Å². The van der Waals surface area contributed by atoms with E-state index in [4.69, 9.17) is 14.2 Å². The summed E-state index contributed by atoms with van der Waals surface area (Å²) in [7, 11) is 0. The fourth-order valence-corrected chi connectivity index (χ4v) is 2.55. The third-order valence-corrected chi connectivity index (χ3v) is 3.81. The van der Waals surface area contributed by atoms with E-state index in [2.05, 4.69) is 32.0 Å². The molecule has 1 aliphatic rings. The molecule has 122 valence electrons. The molecule has 0 radical (unpaired) electrons. The van der Waals surface area contributed by atoms with Crippen LogP contribution in [0.15, 0.2) is 18.2 Å². The highest BCUT2D eigenvalue weighted by Crippen LogP contribution is 2.28. The topological polar surface area (TPSA) is 48.1 Å². The van der Waals surface area contributed by atoms with Crippen LogP contribution in [-0.2, 0) is 25.4 Å². The van der Waals surface area contributed by atoms with Gasteiger partial charge in [0.1, 0.15) is 6.10 Å². The molecule has 1 fully saturated rings. The van der Waals surface area contributed by atoms with E-state index in [1.54, 1.807) is 0 Å². The molecule has 0 unspecified atom stereocenters. The van der Waals surface area contributed by atoms with Gasteiger partial charge in [0, 0.05) is 6.42 Å². The molecule has 0 amide bonds. The van der Waals surface area contributed by atoms with Gasteiger partial charge >= 0.3 is 5.97 Å². The summed E-state index contributed by atoms with van der Waals surface area (Å²) < 4.78 is 16.2. The van der Waals surface area contributed by atoms with Crippen LogP contribution >= 0.6 is 0 Å². The van der Waals surface area contributed by atoms with Crippen LogP contribution in [0.1, 0.15) is 49.5 Å². The Kier molecular flexibility index (Phi) is 6.40. The number of ether oxygens (including phenoxy) is 3. The molecule has 22 heavy (non-hydrogen) atoms. The van der Waals surface area contributed by atoms with Gasteiger partial charge in [0.05, 0.1) is 25.9 Å². The second kappa shape index (κ2) is 8.30. The molecule has 0 bridgehead atoms. The highest BCUT2D eigenvalue weighted by Gasteiger charge is 2.25. The van der Waals surface area contributed by atoms with Crippen LogP contribution in [0.2, 0.25) is 0 Å². The molecule has 0 spiro atoms. The summed E-state index contributed by atoms with van der Waals surface area (Å²) in [5.41, 5.74) is 3.55. The minimum atomic E-state index is -0.143. The smallest absolute Gasteiger partial charge is 0.306 e. The number of esters is 1. The zero-order chi connectivity index (χ0) is 15.9. The van der Waals surface area contributed by atoms with Gasteiger partial charge in [-0.3, -0.25) is 4.79 Å². The van der Waals surface area contributed by atoms with Crippen molar-refractivity contribution in [3.8, 4) is 0 Å². The molecular formula is C18H26O4. The van der Waals surface area contributed by atoms with Gasteiger partial charge in [0.15, 0.2) is 0 Å². The fourth-order valence-electron chi connectivity index (χ4n) is 2.55. The summed E-state index contributed by atoms with van der Waals surface area (Å²) in [4.78, 5) is 11.6. The molecule has 0 aliphatic carbocycles. The summed E-state index contributed by atoms with van der Waals surface area (Å²) >= 11 is 0. The molecule has 2 atom stereocenters. The number of aryl methyl sites for hydroxylation is 2. The lowest BCUT2D eigenvalue weighted by molar-refractivity contribution is -0.143. The Labute approximate surface area is 132 Å². The predicted molar refractivity (Wildman–Crippen MR) is 84.9 cm³/mol. The molecule has 1 heterocycles. The molecule has 0 N–H and O–H groups in total. The molecule has 4 heteroatoms. The summed E-state index contributed by atoms with van der Waals surface area (Å²) in [6.45, 7) is 7.90. The van der Waals surface area contributed by atoms with Crippen molar-refractivity contribution < 1.29 is 19.0 Å². The summed E-state index contributed by atoms with van der Waals surface area (Å²) in [6.07, 6.45) is 2.33. The van der Waals surface area contributed by atoms with Gasteiger partial charge in [-0.15, -0.1) is 0 Å². The monoisotopic (exact) mass is 306 g/mol. The maximum absolute atomic E-state index is 11.6. The van der Waals surface area contributed by atoms with Gasteiger partial charge in [-0.05, 0) is 37.8 Å². The molecule has 0 saturated carbocycles. The largest absolute Gasteiger partial charge is 0.466 e. The van der Waals surface area contributed by atoms with Gasteiger partial charge in [-0.2, -0.15) is 0 Å². The average molecular weight is 306 g/mol. The first kappa shape index (κ1) is 17.0. The maximum atomic E-state index is 11.6. The van der Waals surface area contributed by atoms with E-state index in [-0.39, 0.29) is 18.2 Å². The summed E-state index contributed by atoms with van der Waals surface area (Å²) in [5.74, 6) is -0.143. The minimum absolute atomic E-state index is 0.0574. The van der Waals surface area contributed by atoms with Crippen LogP contribution in [0.25, 0.3) is 0 Å². The first-order valence-electron chi connectivity index (χ1n) is 8.12. The lowest BCUT2D eigenvalue weighted by Gasteiger charge is -2.20. The Hall–Kier alpha value is -1.39. The highest BCUT2D eigenvalue weighted by molar-refractivity contribution is 5.69. The number of carbonyl (C=O) groups excluding carboxylic acids is 1. The lowest BCUT2D eigenvalue weighted by Crippen LogP contribution is -2.12. The van der Waals surface area contributed by atoms with Crippen molar-refractivity contribution in [2.75, 3.05) is 19.8 Å². The lowest BCUT2D eigenvalue weighted by atomic mass is 9.95. The number of hydrogen-bond donors (Lipinski definition) is 0. The Morgan fingerprint density at radius 3 is 2.82 bits per heavy atom. The fraction of sp³-hybridized carbons (Fsp3) is 0.611. The zero-order valence-corrected chi connectivity index (χ0v) is 13.8. The van der Waals surface area contributed by atoms with Gasteiger partial charge in [0.25, 0.3) is 0 Å². The van der Waals surface area contributed by atoms with Gasteiger partial charge < -0.3 is 14.2 Å². The second-order valence-electron chi connectivity index (χ2n) is 5.69. The Morgan fingerprint density at radius 1 is 1.41 bits per heavy atom. The Morgan fingerprint density at radius 2 is 2.18 bits per heavy atom. The summed E-state index contributed by atoms with van der Waals surface area (Å²) in [5, 5.41) is 0. The van der Waals surface area contributed by atoms with E-state index in [9.17, 15) is 4.79 Å². The number of epoxide rings is 1. The number of rotatable bonds is 9. The third-order valence-electron chi connectivity index (χ3n) is 3.81. The normalized spacial score (nSPS) is 18.0. The van der Waals surface area contributed by atoms with Crippen LogP contribution in [0.3, 0.4) is 0 Å². The van der Waals surface area contributed by atoms with Crippen LogP contribution in [0.4, 0.5) is 0 Å². The van der Waals surface area contributed by atoms with Crippen molar-refractivity contribution in [2.45, 2.75) is 52.2 Å². The van der Waals surface area contributed by atoms with Crippen LogP contribution < -0.4 is 0 Å². The van der Waals surface area contributed by atoms with E-state index in [1.807, 2.05) is 6.92 Å². The van der Waals surface area contributed by atoms with Crippen molar-refractivity contribution in [3.05, 3.63) is 34.9 Å². The van der Waals surface area contributed by atoms with Gasteiger partial charge in [0.2, 0.25) is 0 Å². The van der Waals surface area contributed by atoms with Crippen molar-refractivity contribution >= 4 is 5.97 Å². The van der Waals surface area contributed by atoms with Crippen molar-refractivity contribution in [3.63, 3.8) is 0 Å². The summed E-state index contributed by atoms with van der Waals surface area (Å²) in [6, 6.07) is 6.37. The van der Waals surface area contributed by atoms with Gasteiger partial charge in [-0.25, -0.2) is 0 Å². The molecular weight excluding hydrogens is 280 g/mol. The SMILES string of the molecule is CCOC(=O)CCc1cc(C)ccc1[C@@H](CC)OC[C@H]1CO1. The van der Waals surface area contributed by atoms with E-state index in [0.717, 1.165) is 13.0 Å². The molecule has 0 aromatic heterocycles. The quantitative estimate of drug-likeness (QED) is 0.518. The second-order valence-corrected chi connectivity index (χ2v) is 5.69. The molecule has 2 rings (SSSR count). The molecule has 1 aliphatic heterocycles. The van der Waals surface area contributed by atoms with Crippen LogP contribution in [0, 0.1) is 6.92 Å². The number of carbonyl (C=O) groups is 1. The van der Waals surface area contributed by atoms with E-state index in [0.29, 0.717) is 26.1 Å². The molecule has 1 aromatic carbocycles. The van der Waals surface area contributed by atoms with Crippen LogP contribution in [-0.4, -0.2) is 31.9 Å². The number of benzene rings is 1. The molecule has 4 nitrogen and oxygen atoms in total. The highest BCUT2D eigenvalue weighted by atomic mass is 16.6. The zero-order valence-electron chi connectivity index (χ0n) is 13.8. The van der Waals surface area contributed by atoms with Crippen molar-refractivity contribution in [2.24, 2.45) is 0 Å². The van der Waals surface area contributed by atoms with Crippen molar-refractivity contribution in [1.82, 2.24) is 0 Å². The number of hydrogen-bond acceptors (Lipinski definition) is 4. The average Bonchev–Trinajstić information content (AvgIpc) is 3.32. The minimum Gasteiger partial charge on any atom is -0.466 e. The standard InChI is InChI=1S/C18H26O4/c1-4-17(22-12-15-11-21-15)16-8-6-13(3)10-14(16)7-9-18(19)20-5-2/h6,8,10,15,17H,4-5,7,9,11-12H2,1-3H3/t15-,17-/m1/s1. The first-order chi connectivity index (χ1) is 10.6. The van der Waals surface area contributed by atoms with E-state index >= 15 is 0 Å². The van der Waals surface area contributed by atoms with E-state index < -0.39 is 0 Å². The van der Waals surface area contributed by atoms with Crippen molar-refractivity contribution in [1.29, 1.82) is 0 Å².